The molecule has 0 amide bonds. The number of fused-ring (bicyclic) bond motifs is 2. The molecule has 2 N–H and O–H groups in total. The zero-order valence-corrected chi connectivity index (χ0v) is 24.3. The number of esters is 1. The number of carbonyl (C=O) groups excluding carboxylic acids is 1. The summed E-state index contributed by atoms with van der Waals surface area (Å²) in [6.45, 7) is 6.04. The zero-order chi connectivity index (χ0) is 28.9. The average Bonchev–Trinajstić information content (AvgIpc) is 3.02. The van der Waals surface area contributed by atoms with Crippen molar-refractivity contribution in [3.63, 3.8) is 0 Å². The van der Waals surface area contributed by atoms with E-state index >= 15 is 0 Å². The van der Waals surface area contributed by atoms with Crippen LogP contribution in [0, 0.1) is 0 Å². The lowest BCUT2D eigenvalue weighted by atomic mass is 9.95. The third-order valence-corrected chi connectivity index (χ3v) is 8.54. The number of nitrogens with one attached hydrogen (secondary N) is 2. The maximum absolute atomic E-state index is 12.6. The number of anilines is 2. The number of piperidine rings is 1. The van der Waals surface area contributed by atoms with E-state index in [0.29, 0.717) is 25.7 Å². The van der Waals surface area contributed by atoms with Gasteiger partial charge in [-0.15, -0.1) is 0 Å². The summed E-state index contributed by atoms with van der Waals surface area (Å²) < 4.78 is 16.7. The second-order valence-corrected chi connectivity index (χ2v) is 11.4. The molecule has 0 radical (unpaired) electrons. The first-order valence-electron chi connectivity index (χ1n) is 15.1. The molecule has 6 rings (SSSR count). The Hall–Kier alpha value is -3.82. The molecule has 0 bridgehead atoms. The van der Waals surface area contributed by atoms with Crippen molar-refractivity contribution in [1.29, 1.82) is 0 Å². The van der Waals surface area contributed by atoms with Gasteiger partial charge in [-0.1, -0.05) is 12.1 Å². The first-order valence-corrected chi connectivity index (χ1v) is 15.1. The lowest BCUT2D eigenvalue weighted by Crippen LogP contribution is -2.39. The van der Waals surface area contributed by atoms with E-state index in [9.17, 15) is 9.59 Å². The molecular formula is C33H40N4O5. The SMILES string of the molecule is COC(=O)CCCCN1CCC(Nc2ccc3c(c2)Cc2cccc(-c4cc(N5CCOCC5)cc(=O)[nH]4)c2O3)CC1. The summed E-state index contributed by atoms with van der Waals surface area (Å²) in [5.41, 5.74) is 5.82. The number of H-pyrrole nitrogens is 1. The number of carbonyl (C=O) groups is 1. The number of likely N-dealkylation sites (tertiary alicyclic amines) is 1. The lowest BCUT2D eigenvalue weighted by Gasteiger charge is -2.33. The fraction of sp³-hybridized carbons (Fsp3) is 0.455. The van der Waals surface area contributed by atoms with Crippen LogP contribution in [0.25, 0.3) is 11.3 Å². The molecule has 3 aromatic rings. The van der Waals surface area contributed by atoms with E-state index in [-0.39, 0.29) is 11.5 Å². The molecule has 0 aliphatic carbocycles. The van der Waals surface area contributed by atoms with Gasteiger partial charge in [0.2, 0.25) is 5.56 Å². The maximum Gasteiger partial charge on any atom is 0.305 e. The molecule has 2 fully saturated rings. The van der Waals surface area contributed by atoms with Crippen LogP contribution in [0.1, 0.15) is 43.2 Å². The molecule has 4 heterocycles. The standard InChI is InChI=1S/C33H40N4O5/c1-40-32(39)7-2-3-12-36-13-10-25(11-14-36)34-26-8-9-30-24(20-26)19-23-5-4-6-28(33(23)42-30)29-21-27(22-31(38)35-29)37-15-17-41-18-16-37/h4-6,8-9,20-22,25,34H,2-3,7,10-19H2,1H3,(H,35,38). The number of hydrogen-bond donors (Lipinski definition) is 2. The van der Waals surface area contributed by atoms with Gasteiger partial charge < -0.3 is 34.3 Å². The maximum atomic E-state index is 12.6. The van der Waals surface area contributed by atoms with Crippen LogP contribution in [-0.4, -0.2) is 74.9 Å². The monoisotopic (exact) mass is 572 g/mol. The van der Waals surface area contributed by atoms with Gasteiger partial charge in [-0.25, -0.2) is 0 Å². The van der Waals surface area contributed by atoms with E-state index in [0.717, 1.165) is 110 Å². The largest absolute Gasteiger partial charge is 0.469 e. The minimum atomic E-state index is -0.122. The first kappa shape index (κ1) is 28.3. The Kier molecular flexibility index (Phi) is 8.76. The van der Waals surface area contributed by atoms with Crippen molar-refractivity contribution < 1.29 is 19.0 Å². The van der Waals surface area contributed by atoms with Gasteiger partial charge in [-0.3, -0.25) is 9.59 Å². The van der Waals surface area contributed by atoms with E-state index in [1.807, 2.05) is 18.2 Å². The van der Waals surface area contributed by atoms with Crippen molar-refractivity contribution in [1.82, 2.24) is 9.88 Å². The zero-order valence-electron chi connectivity index (χ0n) is 24.3. The molecule has 3 aliphatic heterocycles. The topological polar surface area (TPSA) is 96.1 Å². The third-order valence-electron chi connectivity index (χ3n) is 8.54. The summed E-state index contributed by atoms with van der Waals surface area (Å²) >= 11 is 0. The molecule has 2 aromatic carbocycles. The fourth-order valence-corrected chi connectivity index (χ4v) is 6.20. The van der Waals surface area contributed by atoms with Crippen LogP contribution in [0.15, 0.2) is 53.3 Å². The summed E-state index contributed by atoms with van der Waals surface area (Å²) in [5.74, 6) is 1.54. The quantitative estimate of drug-likeness (QED) is 0.218. The van der Waals surface area contributed by atoms with Crippen LogP contribution in [-0.2, 0) is 20.7 Å². The van der Waals surface area contributed by atoms with Crippen molar-refractivity contribution >= 4 is 17.3 Å². The Morgan fingerprint density at radius 2 is 1.86 bits per heavy atom. The molecule has 3 aliphatic rings. The number of aromatic amines is 1. The highest BCUT2D eigenvalue weighted by Crippen LogP contribution is 2.43. The molecule has 1 aromatic heterocycles. The fourth-order valence-electron chi connectivity index (χ4n) is 6.20. The highest BCUT2D eigenvalue weighted by molar-refractivity contribution is 5.74. The van der Waals surface area contributed by atoms with Gasteiger partial charge in [0.15, 0.2) is 0 Å². The molecule has 0 unspecified atom stereocenters. The Labute approximate surface area is 246 Å². The van der Waals surface area contributed by atoms with Gasteiger partial charge in [0.05, 0.1) is 26.0 Å². The summed E-state index contributed by atoms with van der Waals surface area (Å²) in [4.78, 5) is 31.7. The van der Waals surface area contributed by atoms with Gasteiger partial charge in [-0.2, -0.15) is 0 Å². The molecule has 9 heteroatoms. The third kappa shape index (κ3) is 6.63. The molecule has 9 nitrogen and oxygen atoms in total. The number of nitrogens with zero attached hydrogens (tertiary/aromatic N) is 2. The molecule has 0 saturated carbocycles. The number of hydrogen-bond acceptors (Lipinski definition) is 8. The van der Waals surface area contributed by atoms with Crippen LogP contribution in [0.2, 0.25) is 0 Å². The second kappa shape index (κ2) is 13.0. The average molecular weight is 573 g/mol. The van der Waals surface area contributed by atoms with Crippen molar-refractivity contribution in [2.45, 2.75) is 44.6 Å². The van der Waals surface area contributed by atoms with E-state index in [1.54, 1.807) is 6.07 Å². The van der Waals surface area contributed by atoms with E-state index in [4.69, 9.17) is 14.2 Å². The molecule has 222 valence electrons. The Bertz CT molecular complexity index is 1460. The summed E-state index contributed by atoms with van der Waals surface area (Å²) in [5, 5.41) is 3.75. The Morgan fingerprint density at radius 3 is 2.67 bits per heavy atom. The van der Waals surface area contributed by atoms with Crippen LogP contribution < -0.4 is 20.5 Å². The second-order valence-electron chi connectivity index (χ2n) is 11.4. The molecule has 0 atom stereocenters. The first-order chi connectivity index (χ1) is 20.6. The van der Waals surface area contributed by atoms with Gasteiger partial charge in [0.25, 0.3) is 0 Å². The van der Waals surface area contributed by atoms with Crippen molar-refractivity contribution in [3.8, 4) is 22.8 Å². The van der Waals surface area contributed by atoms with Crippen LogP contribution in [0.3, 0.4) is 0 Å². The van der Waals surface area contributed by atoms with Crippen molar-refractivity contribution in [2.24, 2.45) is 0 Å². The van der Waals surface area contributed by atoms with Crippen molar-refractivity contribution in [3.05, 3.63) is 70.0 Å². The number of methoxy groups -OCH3 is 1. The number of morpholine rings is 1. The number of benzene rings is 2. The molecule has 0 spiro atoms. The van der Waals surface area contributed by atoms with Gasteiger partial charge in [-0.05, 0) is 68.1 Å². The predicted molar refractivity (Wildman–Crippen MR) is 164 cm³/mol. The van der Waals surface area contributed by atoms with E-state index < -0.39 is 0 Å². The highest BCUT2D eigenvalue weighted by atomic mass is 16.5. The summed E-state index contributed by atoms with van der Waals surface area (Å²) in [6.07, 6.45) is 5.37. The number of para-hydroxylation sites is 1. The number of pyridine rings is 1. The van der Waals surface area contributed by atoms with Crippen LogP contribution in [0.4, 0.5) is 11.4 Å². The summed E-state index contributed by atoms with van der Waals surface area (Å²) in [6, 6.07) is 16.7. The van der Waals surface area contributed by atoms with Gasteiger partial charge >= 0.3 is 5.97 Å². The minimum Gasteiger partial charge on any atom is -0.469 e. The van der Waals surface area contributed by atoms with E-state index in [1.165, 1.54) is 7.11 Å². The smallest absolute Gasteiger partial charge is 0.305 e. The van der Waals surface area contributed by atoms with E-state index in [2.05, 4.69) is 44.4 Å². The molecular weight excluding hydrogens is 532 g/mol. The van der Waals surface area contributed by atoms with Crippen LogP contribution in [0.5, 0.6) is 11.5 Å². The number of rotatable bonds is 9. The Balaban J connectivity index is 1.09. The van der Waals surface area contributed by atoms with Crippen LogP contribution >= 0.6 is 0 Å². The lowest BCUT2D eigenvalue weighted by molar-refractivity contribution is -0.140. The predicted octanol–water partition coefficient (Wildman–Crippen LogP) is 4.79. The van der Waals surface area contributed by atoms with Crippen molar-refractivity contribution in [2.75, 3.05) is 63.3 Å². The highest BCUT2D eigenvalue weighted by Gasteiger charge is 2.24. The summed E-state index contributed by atoms with van der Waals surface area (Å²) in [7, 11) is 1.45. The van der Waals surface area contributed by atoms with Gasteiger partial charge in [0.1, 0.15) is 11.5 Å². The minimum absolute atomic E-state index is 0.122. The number of ether oxygens (including phenoxy) is 3. The molecule has 42 heavy (non-hydrogen) atoms. The normalized spacial score (nSPS) is 17.2. The number of aromatic nitrogens is 1. The molecule has 2 saturated heterocycles. The Morgan fingerprint density at radius 1 is 1.02 bits per heavy atom. The number of unbranched alkanes of at least 4 members (excludes halogenated alkanes) is 1. The van der Waals surface area contributed by atoms with Gasteiger partial charge in [0, 0.05) is 73.6 Å².